The summed E-state index contributed by atoms with van der Waals surface area (Å²) < 4.78 is 0. The molecule has 106 valence electrons. The van der Waals surface area contributed by atoms with E-state index in [2.05, 4.69) is 11.8 Å². The van der Waals surface area contributed by atoms with Gasteiger partial charge in [-0.1, -0.05) is 17.9 Å². The predicted octanol–water partition coefficient (Wildman–Crippen LogP) is -0.517. The van der Waals surface area contributed by atoms with Gasteiger partial charge in [-0.25, -0.2) is 0 Å². The number of β-amino-alcohol motifs (C(OH)–C–C–N with tert-alkyl or cyclic N) is 2. The van der Waals surface area contributed by atoms with Gasteiger partial charge in [0, 0.05) is 18.7 Å². The molecule has 0 spiro atoms. The molecule has 20 heavy (non-hydrogen) atoms. The Labute approximate surface area is 118 Å². The molecule has 1 aromatic carbocycles. The molecule has 0 saturated carbocycles. The van der Waals surface area contributed by atoms with Crippen LogP contribution in [-0.2, 0) is 0 Å². The number of carbonyl (C=O) groups excluding carboxylic acids is 1. The molecule has 1 amide bonds. The summed E-state index contributed by atoms with van der Waals surface area (Å²) in [5.74, 6) is 5.40. The highest BCUT2D eigenvalue weighted by Gasteiger charge is 2.33. The molecule has 4 N–H and O–H groups in total. The van der Waals surface area contributed by atoms with Gasteiger partial charge >= 0.3 is 0 Å². The summed E-state index contributed by atoms with van der Waals surface area (Å²) in [5.41, 5.74) is 7.46. The van der Waals surface area contributed by atoms with Gasteiger partial charge in [-0.05, 0) is 24.6 Å². The molecule has 0 aliphatic carbocycles. The second kappa shape index (κ2) is 6.06. The quantitative estimate of drug-likeness (QED) is 0.602. The van der Waals surface area contributed by atoms with Gasteiger partial charge in [0.1, 0.15) is 0 Å². The number of likely N-dealkylation sites (tertiary alicyclic amines) is 1. The molecular weight excluding hydrogens is 256 g/mol. The van der Waals surface area contributed by atoms with Crippen LogP contribution in [0.1, 0.15) is 21.5 Å². The summed E-state index contributed by atoms with van der Waals surface area (Å²) in [5, 5.41) is 19.1. The van der Waals surface area contributed by atoms with E-state index >= 15 is 0 Å². The Bertz CT molecular complexity index is 564. The van der Waals surface area contributed by atoms with E-state index in [4.69, 9.17) is 5.73 Å². The van der Waals surface area contributed by atoms with Crippen LogP contribution in [0.25, 0.3) is 0 Å². The molecule has 2 unspecified atom stereocenters. The number of hydrogen-bond acceptors (Lipinski definition) is 4. The number of hydrogen-bond donors (Lipinski definition) is 3. The van der Waals surface area contributed by atoms with E-state index in [1.54, 1.807) is 6.07 Å². The Hall–Kier alpha value is -1.87. The third-order valence-electron chi connectivity index (χ3n) is 3.28. The molecule has 2 rings (SSSR count). The number of aryl methyl sites for hydroxylation is 1. The Morgan fingerprint density at radius 1 is 1.40 bits per heavy atom. The first-order chi connectivity index (χ1) is 9.52. The molecule has 5 heteroatoms. The molecule has 0 bridgehead atoms. The van der Waals surface area contributed by atoms with E-state index in [0.29, 0.717) is 11.1 Å². The molecule has 5 nitrogen and oxygen atoms in total. The van der Waals surface area contributed by atoms with Crippen molar-refractivity contribution in [2.75, 3.05) is 19.6 Å². The lowest BCUT2D eigenvalue weighted by Gasteiger charge is -2.16. The Kier molecular flexibility index (Phi) is 4.40. The highest BCUT2D eigenvalue weighted by Crippen LogP contribution is 2.18. The van der Waals surface area contributed by atoms with Crippen molar-refractivity contribution >= 4 is 5.91 Å². The van der Waals surface area contributed by atoms with E-state index in [0.717, 1.165) is 5.56 Å². The van der Waals surface area contributed by atoms with E-state index in [1.165, 1.54) is 4.90 Å². The second-order valence-corrected chi connectivity index (χ2v) is 4.90. The smallest absolute Gasteiger partial charge is 0.255 e. The molecule has 1 saturated heterocycles. The first-order valence-corrected chi connectivity index (χ1v) is 6.48. The standard InChI is InChI=1S/C15H18N2O3/c1-10-4-5-12(11(7-10)3-2-6-16)15(20)17-8-13(18)14(19)9-17/h4-5,7,13-14,18-19H,6,8-9,16H2,1H3. The summed E-state index contributed by atoms with van der Waals surface area (Å²) >= 11 is 0. The normalized spacial score (nSPS) is 21.5. The maximum Gasteiger partial charge on any atom is 0.255 e. The number of nitrogens with zero attached hydrogens (tertiary/aromatic N) is 1. The highest BCUT2D eigenvalue weighted by atomic mass is 16.3. The molecule has 0 aromatic heterocycles. The first-order valence-electron chi connectivity index (χ1n) is 6.48. The third kappa shape index (κ3) is 2.99. The van der Waals surface area contributed by atoms with Gasteiger partial charge in [0.2, 0.25) is 0 Å². The van der Waals surface area contributed by atoms with Gasteiger partial charge < -0.3 is 20.8 Å². The molecule has 1 aromatic rings. The zero-order valence-electron chi connectivity index (χ0n) is 11.3. The van der Waals surface area contributed by atoms with Gasteiger partial charge in [-0.15, -0.1) is 0 Å². The maximum absolute atomic E-state index is 12.4. The molecule has 1 aliphatic rings. The number of aliphatic hydroxyl groups excluding tert-OH is 2. The van der Waals surface area contributed by atoms with Crippen molar-refractivity contribution in [1.82, 2.24) is 4.90 Å². The van der Waals surface area contributed by atoms with Crippen molar-refractivity contribution in [1.29, 1.82) is 0 Å². The van der Waals surface area contributed by atoms with Gasteiger partial charge in [-0.3, -0.25) is 4.79 Å². The van der Waals surface area contributed by atoms with Crippen LogP contribution in [0, 0.1) is 18.8 Å². The fourth-order valence-corrected chi connectivity index (χ4v) is 2.20. The summed E-state index contributed by atoms with van der Waals surface area (Å²) in [6, 6.07) is 5.39. The lowest BCUT2D eigenvalue weighted by atomic mass is 10.0. The van der Waals surface area contributed by atoms with Crippen molar-refractivity contribution in [3.63, 3.8) is 0 Å². The monoisotopic (exact) mass is 274 g/mol. The molecule has 1 fully saturated rings. The van der Waals surface area contributed by atoms with E-state index in [9.17, 15) is 15.0 Å². The number of benzene rings is 1. The Morgan fingerprint density at radius 2 is 2.05 bits per heavy atom. The van der Waals surface area contributed by atoms with Crippen molar-refractivity contribution < 1.29 is 15.0 Å². The molecule has 2 atom stereocenters. The average molecular weight is 274 g/mol. The van der Waals surface area contributed by atoms with Crippen LogP contribution in [0.4, 0.5) is 0 Å². The van der Waals surface area contributed by atoms with Crippen LogP contribution in [0.5, 0.6) is 0 Å². The van der Waals surface area contributed by atoms with Gasteiger partial charge in [-0.2, -0.15) is 0 Å². The van der Waals surface area contributed by atoms with Gasteiger partial charge in [0.25, 0.3) is 5.91 Å². The molecule has 1 aliphatic heterocycles. The van der Waals surface area contributed by atoms with Crippen LogP contribution in [0.3, 0.4) is 0 Å². The molecular formula is C15H18N2O3. The SMILES string of the molecule is Cc1ccc(C(=O)N2CC(O)C(O)C2)c(C#CCN)c1. The van der Waals surface area contributed by atoms with Gasteiger partial charge in [0.15, 0.2) is 0 Å². The van der Waals surface area contributed by atoms with Crippen molar-refractivity contribution in [3.05, 3.63) is 34.9 Å². The lowest BCUT2D eigenvalue weighted by molar-refractivity contribution is 0.0572. The minimum atomic E-state index is -0.886. The number of rotatable bonds is 1. The second-order valence-electron chi connectivity index (χ2n) is 4.90. The number of aliphatic hydroxyl groups is 2. The summed E-state index contributed by atoms with van der Waals surface area (Å²) in [4.78, 5) is 13.9. The first kappa shape index (κ1) is 14.5. The highest BCUT2D eigenvalue weighted by molar-refractivity contribution is 5.97. The van der Waals surface area contributed by atoms with E-state index in [1.807, 2.05) is 19.1 Å². The number of carbonyl (C=O) groups is 1. The van der Waals surface area contributed by atoms with Crippen LogP contribution in [0.2, 0.25) is 0 Å². The lowest BCUT2D eigenvalue weighted by Crippen LogP contribution is -2.30. The minimum Gasteiger partial charge on any atom is -0.388 e. The molecule has 1 heterocycles. The minimum absolute atomic E-state index is 0.137. The Balaban J connectivity index is 2.30. The van der Waals surface area contributed by atoms with Crippen molar-refractivity contribution in [2.24, 2.45) is 5.73 Å². The topological polar surface area (TPSA) is 86.8 Å². The maximum atomic E-state index is 12.4. The van der Waals surface area contributed by atoms with E-state index < -0.39 is 12.2 Å². The fourth-order valence-electron chi connectivity index (χ4n) is 2.20. The third-order valence-corrected chi connectivity index (χ3v) is 3.28. The summed E-state index contributed by atoms with van der Waals surface area (Å²) in [6.45, 7) is 2.42. The number of nitrogens with two attached hydrogens (primary N) is 1. The van der Waals surface area contributed by atoms with Crippen LogP contribution in [0.15, 0.2) is 18.2 Å². The van der Waals surface area contributed by atoms with Crippen molar-refractivity contribution in [2.45, 2.75) is 19.1 Å². The average Bonchev–Trinajstić information content (AvgIpc) is 2.76. The van der Waals surface area contributed by atoms with Crippen LogP contribution in [-0.4, -0.2) is 52.9 Å². The summed E-state index contributed by atoms with van der Waals surface area (Å²) in [7, 11) is 0. The van der Waals surface area contributed by atoms with Crippen LogP contribution >= 0.6 is 0 Å². The number of amides is 1. The Morgan fingerprint density at radius 3 is 2.65 bits per heavy atom. The van der Waals surface area contributed by atoms with Crippen molar-refractivity contribution in [3.8, 4) is 11.8 Å². The fraction of sp³-hybridized carbons (Fsp3) is 0.400. The van der Waals surface area contributed by atoms with Crippen LogP contribution < -0.4 is 5.73 Å². The summed E-state index contributed by atoms with van der Waals surface area (Å²) in [6.07, 6.45) is -1.77. The zero-order valence-corrected chi connectivity index (χ0v) is 11.3. The van der Waals surface area contributed by atoms with E-state index in [-0.39, 0.29) is 25.5 Å². The largest absolute Gasteiger partial charge is 0.388 e. The van der Waals surface area contributed by atoms with Gasteiger partial charge in [0.05, 0.1) is 24.3 Å². The molecule has 0 radical (unpaired) electrons. The zero-order chi connectivity index (χ0) is 14.7. The predicted molar refractivity (Wildman–Crippen MR) is 75.0 cm³/mol.